The molecule has 1 N–H and O–H groups in total. The van der Waals surface area contributed by atoms with Gasteiger partial charge in [-0.3, -0.25) is 0 Å². The van der Waals surface area contributed by atoms with E-state index < -0.39 is 16.0 Å². The summed E-state index contributed by atoms with van der Waals surface area (Å²) in [7, 11) is -2.42. The van der Waals surface area contributed by atoms with E-state index in [1.165, 1.54) is 25.3 Å². The van der Waals surface area contributed by atoms with Gasteiger partial charge >= 0.3 is 5.97 Å². The van der Waals surface area contributed by atoms with E-state index in [9.17, 15) is 13.2 Å². The molecule has 1 saturated carbocycles. The molecular formula is C25H22N2O5S. The normalized spacial score (nSPS) is 13.8. The smallest absolute Gasteiger partial charge is 0.338 e. The Morgan fingerprint density at radius 1 is 1.00 bits per heavy atom. The molecule has 0 saturated heterocycles. The highest BCUT2D eigenvalue weighted by Crippen LogP contribution is 2.29. The second kappa shape index (κ2) is 8.46. The Hall–Kier alpha value is -3.49. The molecular weight excluding hydrogens is 440 g/mol. The van der Waals surface area contributed by atoms with Gasteiger partial charge in [0.05, 0.1) is 23.9 Å². The minimum absolute atomic E-state index is 0.0430. The highest BCUT2D eigenvalue weighted by molar-refractivity contribution is 7.89. The fraction of sp³-hybridized carbons (Fsp3) is 0.200. The number of sulfonamides is 1. The number of carbonyl (C=O) groups is 1. The summed E-state index contributed by atoms with van der Waals surface area (Å²) >= 11 is 0. The van der Waals surface area contributed by atoms with Crippen LogP contribution in [0.5, 0.6) is 5.75 Å². The molecule has 1 aromatic heterocycles. The first-order valence-corrected chi connectivity index (χ1v) is 12.1. The van der Waals surface area contributed by atoms with Gasteiger partial charge in [-0.1, -0.05) is 42.5 Å². The summed E-state index contributed by atoms with van der Waals surface area (Å²) in [5, 5.41) is 2.95. The zero-order chi connectivity index (χ0) is 23.0. The Bertz CT molecular complexity index is 1480. The van der Waals surface area contributed by atoms with E-state index in [0.29, 0.717) is 5.69 Å². The van der Waals surface area contributed by atoms with Crippen molar-refractivity contribution in [2.45, 2.75) is 30.4 Å². The molecule has 0 aliphatic heterocycles. The molecule has 168 valence electrons. The van der Waals surface area contributed by atoms with Crippen LogP contribution in [0, 0.1) is 0 Å². The van der Waals surface area contributed by atoms with E-state index in [1.54, 1.807) is 0 Å². The van der Waals surface area contributed by atoms with Crippen LogP contribution in [0.15, 0.2) is 71.6 Å². The Kier molecular flexibility index (Phi) is 5.47. The lowest BCUT2D eigenvalue weighted by Crippen LogP contribution is -2.26. The zero-order valence-electron chi connectivity index (χ0n) is 17.9. The lowest BCUT2D eigenvalue weighted by Gasteiger charge is -2.13. The van der Waals surface area contributed by atoms with E-state index in [0.717, 1.165) is 34.5 Å². The number of para-hydroxylation sites is 1. The average Bonchev–Trinajstić information content (AvgIpc) is 3.65. The minimum Gasteiger partial charge on any atom is -0.495 e. The van der Waals surface area contributed by atoms with Gasteiger partial charge < -0.3 is 9.47 Å². The molecule has 0 bridgehead atoms. The van der Waals surface area contributed by atoms with Crippen LogP contribution >= 0.6 is 0 Å². The summed E-state index contributed by atoms with van der Waals surface area (Å²) in [6.07, 6.45) is 1.60. The lowest BCUT2D eigenvalue weighted by atomic mass is 10.0. The Balaban J connectivity index is 1.43. The van der Waals surface area contributed by atoms with Gasteiger partial charge in [-0.15, -0.1) is 0 Å². The van der Waals surface area contributed by atoms with Crippen molar-refractivity contribution < 1.29 is 22.7 Å². The molecule has 0 amide bonds. The molecule has 0 spiro atoms. The van der Waals surface area contributed by atoms with Crippen LogP contribution in [0.3, 0.4) is 0 Å². The highest BCUT2D eigenvalue weighted by Gasteiger charge is 2.30. The number of ether oxygens (including phenoxy) is 2. The highest BCUT2D eigenvalue weighted by atomic mass is 32.2. The third-order valence-corrected chi connectivity index (χ3v) is 7.16. The van der Waals surface area contributed by atoms with Gasteiger partial charge in [0.1, 0.15) is 17.3 Å². The molecule has 5 rings (SSSR count). The maximum Gasteiger partial charge on any atom is 0.338 e. The second-order valence-corrected chi connectivity index (χ2v) is 9.64. The number of hydrogen-bond donors (Lipinski definition) is 1. The van der Waals surface area contributed by atoms with Gasteiger partial charge in [-0.2, -0.15) is 0 Å². The van der Waals surface area contributed by atoms with Crippen LogP contribution in [0.25, 0.3) is 21.7 Å². The van der Waals surface area contributed by atoms with Gasteiger partial charge in [-0.05, 0) is 42.5 Å². The van der Waals surface area contributed by atoms with Crippen LogP contribution in [0.4, 0.5) is 0 Å². The lowest BCUT2D eigenvalue weighted by molar-refractivity contribution is 0.0469. The Morgan fingerprint density at radius 2 is 1.70 bits per heavy atom. The third kappa shape index (κ3) is 4.27. The summed E-state index contributed by atoms with van der Waals surface area (Å²) in [6.45, 7) is -0.0430. The van der Waals surface area contributed by atoms with Gasteiger partial charge in [0.2, 0.25) is 10.0 Å². The maximum absolute atomic E-state index is 12.8. The molecule has 8 heteroatoms. The number of rotatable bonds is 7. The van der Waals surface area contributed by atoms with Crippen molar-refractivity contribution in [3.05, 3.63) is 78.0 Å². The molecule has 1 heterocycles. The molecule has 4 aromatic rings. The fourth-order valence-electron chi connectivity index (χ4n) is 3.80. The average molecular weight is 463 g/mol. The van der Waals surface area contributed by atoms with Crippen molar-refractivity contribution in [1.82, 2.24) is 9.71 Å². The second-order valence-electron chi connectivity index (χ2n) is 7.96. The summed E-state index contributed by atoms with van der Waals surface area (Å²) < 4.78 is 38.8. The van der Waals surface area contributed by atoms with E-state index >= 15 is 0 Å². The number of aromatic nitrogens is 1. The molecule has 0 unspecified atom stereocenters. The first-order chi connectivity index (χ1) is 16.0. The van der Waals surface area contributed by atoms with Gasteiger partial charge in [0.15, 0.2) is 0 Å². The molecule has 0 atom stereocenters. The predicted octanol–water partition coefficient (Wildman–Crippen LogP) is 4.19. The number of carbonyl (C=O) groups excluding carboxylic acids is 1. The predicted molar refractivity (Wildman–Crippen MR) is 125 cm³/mol. The van der Waals surface area contributed by atoms with Crippen LogP contribution in [-0.4, -0.2) is 32.5 Å². The van der Waals surface area contributed by atoms with Crippen LogP contribution < -0.4 is 9.46 Å². The number of benzene rings is 3. The van der Waals surface area contributed by atoms with Gasteiger partial charge in [0, 0.05) is 16.8 Å². The first kappa shape index (κ1) is 21.4. The zero-order valence-corrected chi connectivity index (χ0v) is 18.8. The maximum atomic E-state index is 12.8. The van der Waals surface area contributed by atoms with E-state index in [1.807, 2.05) is 48.5 Å². The van der Waals surface area contributed by atoms with Crippen LogP contribution in [0.2, 0.25) is 0 Å². The number of hydrogen-bond acceptors (Lipinski definition) is 6. The van der Waals surface area contributed by atoms with E-state index in [2.05, 4.69) is 9.71 Å². The molecule has 1 aliphatic rings. The number of nitrogens with zero attached hydrogens (tertiary/aromatic N) is 1. The number of pyridine rings is 1. The molecule has 1 fully saturated rings. The van der Waals surface area contributed by atoms with Gasteiger partial charge in [0.25, 0.3) is 0 Å². The minimum atomic E-state index is -3.81. The molecule has 1 aliphatic carbocycles. The van der Waals surface area contributed by atoms with Crippen molar-refractivity contribution in [3.8, 4) is 5.75 Å². The van der Waals surface area contributed by atoms with E-state index in [4.69, 9.17) is 9.47 Å². The number of nitrogens with one attached hydrogen (secondary N) is 1. The van der Waals surface area contributed by atoms with E-state index in [-0.39, 0.29) is 28.9 Å². The summed E-state index contributed by atoms with van der Waals surface area (Å²) in [5.74, 6) is -0.471. The van der Waals surface area contributed by atoms with Crippen LogP contribution in [0.1, 0.15) is 28.9 Å². The Labute approximate surface area is 191 Å². The molecule has 33 heavy (non-hydrogen) atoms. The number of methoxy groups -OCH3 is 1. The van der Waals surface area contributed by atoms with Gasteiger partial charge in [-0.25, -0.2) is 22.9 Å². The van der Waals surface area contributed by atoms with Crippen molar-refractivity contribution in [2.24, 2.45) is 0 Å². The molecule has 0 radical (unpaired) electrons. The number of esters is 1. The summed E-state index contributed by atoms with van der Waals surface area (Å²) in [6, 6.07) is 19.8. The SMILES string of the molecule is COc1ccc(C(=O)OCc2nc3ccccc3c3ccccc23)cc1S(=O)(=O)NC1CC1. The summed E-state index contributed by atoms with van der Waals surface area (Å²) in [4.78, 5) is 17.4. The number of fused-ring (bicyclic) bond motifs is 3. The topological polar surface area (TPSA) is 94.6 Å². The Morgan fingerprint density at radius 3 is 2.42 bits per heavy atom. The standard InChI is InChI=1S/C25H22N2O5S/c1-31-23-13-10-16(14-24(23)33(29,30)27-17-11-12-17)25(28)32-15-22-20-8-3-2-6-18(20)19-7-4-5-9-21(19)26-22/h2-10,13-14,17,27H,11-12,15H2,1H3. The fourth-order valence-corrected chi connectivity index (χ4v) is 5.30. The quantitative estimate of drug-likeness (QED) is 0.327. The monoisotopic (exact) mass is 462 g/mol. The molecule has 3 aromatic carbocycles. The van der Waals surface area contributed by atoms with Crippen molar-refractivity contribution >= 4 is 37.7 Å². The van der Waals surface area contributed by atoms with Crippen molar-refractivity contribution in [2.75, 3.05) is 7.11 Å². The van der Waals surface area contributed by atoms with Crippen molar-refractivity contribution in [3.63, 3.8) is 0 Å². The van der Waals surface area contributed by atoms with Crippen molar-refractivity contribution in [1.29, 1.82) is 0 Å². The summed E-state index contributed by atoms with van der Waals surface area (Å²) in [5.41, 5.74) is 1.57. The van der Waals surface area contributed by atoms with Crippen LogP contribution in [-0.2, 0) is 21.4 Å². The molecule has 7 nitrogen and oxygen atoms in total. The third-order valence-electron chi connectivity index (χ3n) is 5.62. The largest absolute Gasteiger partial charge is 0.495 e. The first-order valence-electron chi connectivity index (χ1n) is 10.6.